The molecule has 0 aliphatic heterocycles. The first-order valence-corrected chi connectivity index (χ1v) is 20.1. The van der Waals surface area contributed by atoms with Crippen molar-refractivity contribution in [2.24, 2.45) is 0 Å². The van der Waals surface area contributed by atoms with E-state index in [1.807, 2.05) is 176 Å². The first-order chi connectivity index (χ1) is 28.6. The number of rotatable bonds is 19. The fourth-order valence-corrected chi connectivity index (χ4v) is 7.21. The van der Waals surface area contributed by atoms with Crippen LogP contribution in [0.2, 0.25) is 0 Å². The largest absolute Gasteiger partial charge is 0.497 e. The molecule has 7 aromatic carbocycles. The van der Waals surface area contributed by atoms with Crippen LogP contribution in [0.15, 0.2) is 187 Å². The summed E-state index contributed by atoms with van der Waals surface area (Å²) in [6, 6.07) is 57.2. The Morgan fingerprint density at radius 1 is 0.483 bits per heavy atom. The predicted octanol–water partition coefficient (Wildman–Crippen LogP) is 12.2. The lowest BCUT2D eigenvalue weighted by Crippen LogP contribution is -2.07. The lowest BCUT2D eigenvalue weighted by Gasteiger charge is -2.18. The minimum atomic E-state index is -0.233. The summed E-state index contributed by atoms with van der Waals surface area (Å²) in [6.07, 6.45) is 3.37. The molecular formula is C51H44O6S. The third-order valence-electron chi connectivity index (χ3n) is 9.23. The molecule has 7 rings (SSSR count). The second kappa shape index (κ2) is 20.5. The van der Waals surface area contributed by atoms with Crippen molar-refractivity contribution in [3.05, 3.63) is 221 Å². The molecule has 0 heterocycles. The molecule has 290 valence electrons. The van der Waals surface area contributed by atoms with Crippen LogP contribution in [0.1, 0.15) is 43.7 Å². The van der Waals surface area contributed by atoms with Crippen molar-refractivity contribution in [3.63, 3.8) is 0 Å². The van der Waals surface area contributed by atoms with Crippen LogP contribution >= 0.6 is 11.8 Å². The standard InChI is InChI=1S/C51H44O6S/c1-53-44-26-22-42(23-27-44)37-58-51-48(56-35-40-18-10-4-11-19-40)31-30-47(55-34-39-16-8-3-9-17-39)50(51)46(52)29-25-43-24-28-45(54-33-38-14-6-2-7-15-38)32-49(43)57-36-41-20-12-5-13-21-41/h2-32H,33-37H2,1H3/b29-25+. The van der Waals surface area contributed by atoms with Crippen molar-refractivity contribution in [2.45, 2.75) is 37.1 Å². The van der Waals surface area contributed by atoms with Gasteiger partial charge in [0, 0.05) is 17.4 Å². The van der Waals surface area contributed by atoms with E-state index in [4.69, 9.17) is 23.7 Å². The molecule has 0 saturated heterocycles. The number of carbonyl (C=O) groups is 1. The summed E-state index contributed by atoms with van der Waals surface area (Å²) in [7, 11) is 1.65. The number of methoxy groups -OCH3 is 1. The average Bonchev–Trinajstić information content (AvgIpc) is 3.29. The Kier molecular flexibility index (Phi) is 13.9. The smallest absolute Gasteiger partial charge is 0.190 e. The Balaban J connectivity index is 1.23. The van der Waals surface area contributed by atoms with Gasteiger partial charge in [-0.25, -0.2) is 0 Å². The quantitative estimate of drug-likeness (QED) is 0.0460. The number of hydrogen-bond donors (Lipinski definition) is 0. The van der Waals surface area contributed by atoms with E-state index in [2.05, 4.69) is 0 Å². The Labute approximate surface area is 344 Å². The van der Waals surface area contributed by atoms with Gasteiger partial charge in [0.1, 0.15) is 55.2 Å². The lowest BCUT2D eigenvalue weighted by molar-refractivity contribution is 0.103. The number of hydrogen-bond acceptors (Lipinski definition) is 7. The third-order valence-corrected chi connectivity index (χ3v) is 10.4. The third kappa shape index (κ3) is 11.2. The molecule has 58 heavy (non-hydrogen) atoms. The highest BCUT2D eigenvalue weighted by Gasteiger charge is 2.22. The summed E-state index contributed by atoms with van der Waals surface area (Å²) in [5.41, 5.74) is 6.31. The Bertz CT molecular complexity index is 2380. The molecule has 0 bridgehead atoms. The molecule has 0 fully saturated rings. The zero-order valence-corrected chi connectivity index (χ0v) is 33.1. The zero-order chi connectivity index (χ0) is 39.8. The maximum atomic E-state index is 14.7. The monoisotopic (exact) mass is 784 g/mol. The van der Waals surface area contributed by atoms with Crippen molar-refractivity contribution in [2.75, 3.05) is 7.11 Å². The van der Waals surface area contributed by atoms with Gasteiger partial charge in [-0.1, -0.05) is 133 Å². The summed E-state index contributed by atoms with van der Waals surface area (Å²) >= 11 is 1.53. The highest BCUT2D eigenvalue weighted by atomic mass is 32.2. The zero-order valence-electron chi connectivity index (χ0n) is 32.3. The van der Waals surface area contributed by atoms with Crippen LogP contribution in [-0.2, 0) is 32.2 Å². The molecule has 0 aliphatic rings. The van der Waals surface area contributed by atoms with Crippen LogP contribution in [0.5, 0.6) is 28.7 Å². The molecule has 0 radical (unpaired) electrons. The summed E-state index contributed by atoms with van der Waals surface area (Å²) in [4.78, 5) is 15.4. The molecule has 7 heteroatoms. The van der Waals surface area contributed by atoms with Crippen molar-refractivity contribution in [1.29, 1.82) is 0 Å². The van der Waals surface area contributed by atoms with Crippen LogP contribution in [-0.4, -0.2) is 12.9 Å². The fraction of sp³-hybridized carbons (Fsp3) is 0.118. The fourth-order valence-electron chi connectivity index (χ4n) is 6.10. The molecule has 0 saturated carbocycles. The number of benzene rings is 7. The number of allylic oxidation sites excluding steroid dienone is 1. The Morgan fingerprint density at radius 3 is 1.48 bits per heavy atom. The van der Waals surface area contributed by atoms with Crippen LogP contribution in [0.25, 0.3) is 6.08 Å². The van der Waals surface area contributed by atoms with E-state index in [9.17, 15) is 4.79 Å². The summed E-state index contributed by atoms with van der Waals surface area (Å²) in [5.74, 6) is 3.44. The average molecular weight is 785 g/mol. The van der Waals surface area contributed by atoms with Crippen LogP contribution in [0.3, 0.4) is 0 Å². The number of ether oxygens (including phenoxy) is 5. The summed E-state index contributed by atoms with van der Waals surface area (Å²) < 4.78 is 30.9. The van der Waals surface area contributed by atoms with E-state index in [1.165, 1.54) is 11.8 Å². The van der Waals surface area contributed by atoms with Crippen LogP contribution in [0, 0.1) is 0 Å². The van der Waals surface area contributed by atoms with Gasteiger partial charge in [0.15, 0.2) is 5.78 Å². The van der Waals surface area contributed by atoms with Crippen LogP contribution < -0.4 is 23.7 Å². The number of ketones is 1. The maximum absolute atomic E-state index is 14.7. The van der Waals surface area contributed by atoms with Crippen molar-refractivity contribution in [1.82, 2.24) is 0 Å². The van der Waals surface area contributed by atoms with Gasteiger partial charge in [-0.3, -0.25) is 4.79 Å². The molecule has 0 unspecified atom stereocenters. The Morgan fingerprint density at radius 2 is 0.948 bits per heavy atom. The van der Waals surface area contributed by atoms with Gasteiger partial charge in [-0.2, -0.15) is 0 Å². The number of carbonyl (C=O) groups excluding carboxylic acids is 1. The van der Waals surface area contributed by atoms with Gasteiger partial charge in [0.05, 0.1) is 17.6 Å². The van der Waals surface area contributed by atoms with Crippen LogP contribution in [0.4, 0.5) is 0 Å². The van der Waals surface area contributed by atoms with Gasteiger partial charge >= 0.3 is 0 Å². The predicted molar refractivity (Wildman–Crippen MR) is 232 cm³/mol. The van der Waals surface area contributed by atoms with Gasteiger partial charge in [-0.05, 0) is 76.4 Å². The highest BCUT2D eigenvalue weighted by Crippen LogP contribution is 2.41. The topological polar surface area (TPSA) is 63.2 Å². The van der Waals surface area contributed by atoms with E-state index in [0.717, 1.165) is 39.1 Å². The molecule has 6 nitrogen and oxygen atoms in total. The van der Waals surface area contributed by atoms with Gasteiger partial charge in [-0.15, -0.1) is 11.8 Å². The highest BCUT2D eigenvalue weighted by molar-refractivity contribution is 7.98. The molecule has 0 aliphatic carbocycles. The van der Waals surface area contributed by atoms with E-state index in [0.29, 0.717) is 65.6 Å². The van der Waals surface area contributed by atoms with E-state index < -0.39 is 0 Å². The maximum Gasteiger partial charge on any atom is 0.190 e. The SMILES string of the molecule is COc1ccc(CSc2c(OCc3ccccc3)ccc(OCc3ccccc3)c2C(=O)/C=C/c2ccc(OCc3ccccc3)cc2OCc2ccccc2)cc1. The van der Waals surface area contributed by atoms with Crippen molar-refractivity contribution in [3.8, 4) is 28.7 Å². The first kappa shape index (κ1) is 39.5. The second-order valence-corrected chi connectivity index (χ2v) is 14.4. The number of thioether (sulfide) groups is 1. The molecule has 0 amide bonds. The van der Waals surface area contributed by atoms with Gasteiger partial charge in [0.25, 0.3) is 0 Å². The molecular weight excluding hydrogens is 741 g/mol. The second-order valence-electron chi connectivity index (χ2n) is 13.4. The lowest BCUT2D eigenvalue weighted by atomic mass is 10.1. The normalized spacial score (nSPS) is 10.9. The van der Waals surface area contributed by atoms with Crippen molar-refractivity contribution < 1.29 is 28.5 Å². The molecule has 0 N–H and O–H groups in total. The van der Waals surface area contributed by atoms with Gasteiger partial charge < -0.3 is 23.7 Å². The van der Waals surface area contributed by atoms with E-state index >= 15 is 0 Å². The Hall–Kier alpha value is -6.70. The van der Waals surface area contributed by atoms with E-state index in [1.54, 1.807) is 19.3 Å². The molecule has 7 aromatic rings. The van der Waals surface area contributed by atoms with Gasteiger partial charge in [0.2, 0.25) is 0 Å². The molecule has 0 aromatic heterocycles. The minimum absolute atomic E-state index is 0.233. The summed E-state index contributed by atoms with van der Waals surface area (Å²) in [5, 5.41) is 0. The van der Waals surface area contributed by atoms with E-state index in [-0.39, 0.29) is 5.78 Å². The molecule has 0 spiro atoms. The summed E-state index contributed by atoms with van der Waals surface area (Å²) in [6.45, 7) is 1.39. The minimum Gasteiger partial charge on any atom is -0.497 e. The van der Waals surface area contributed by atoms with Crippen molar-refractivity contribution >= 4 is 23.6 Å². The molecule has 0 atom stereocenters. The first-order valence-electron chi connectivity index (χ1n) is 19.1.